The number of benzene rings is 2. The van der Waals surface area contributed by atoms with E-state index < -0.39 is 63.7 Å². The van der Waals surface area contributed by atoms with Gasteiger partial charge in [-0.15, -0.1) is 0 Å². The second-order valence-electron chi connectivity index (χ2n) is 6.83. The van der Waals surface area contributed by atoms with Gasteiger partial charge in [-0.05, 0) is 41.5 Å². The van der Waals surface area contributed by atoms with Crippen molar-refractivity contribution in [1.29, 1.82) is 0 Å². The summed E-state index contributed by atoms with van der Waals surface area (Å²) in [5, 5.41) is 47.6. The average Bonchev–Trinajstić information content (AvgIpc) is 2.71. The summed E-state index contributed by atoms with van der Waals surface area (Å²) in [6.07, 6.45) is 3.72. The van der Waals surface area contributed by atoms with E-state index in [4.69, 9.17) is 0 Å². The zero-order valence-electron chi connectivity index (χ0n) is 15.7. The molecule has 1 aliphatic rings. The van der Waals surface area contributed by atoms with E-state index in [1.54, 1.807) is 0 Å². The Hall–Kier alpha value is -4.40. The number of carbonyl (C=O) groups excluding carboxylic acids is 1. The van der Waals surface area contributed by atoms with Crippen molar-refractivity contribution in [2.24, 2.45) is 5.92 Å². The second-order valence-corrected chi connectivity index (χ2v) is 6.83. The Kier molecular flexibility index (Phi) is 5.60. The first kappa shape index (κ1) is 21.3. The van der Waals surface area contributed by atoms with Crippen molar-refractivity contribution in [3.05, 3.63) is 82.5 Å². The number of allylic oxidation sites excluding steroid dienone is 3. The smallest absolute Gasteiger partial charge is 0.339 e. The molecule has 0 saturated heterocycles. The van der Waals surface area contributed by atoms with E-state index in [1.807, 2.05) is 0 Å². The first-order valence-electron chi connectivity index (χ1n) is 8.90. The third kappa shape index (κ3) is 4.15. The number of aromatic carboxylic acids is 2. The van der Waals surface area contributed by atoms with Gasteiger partial charge in [-0.2, -0.15) is 0 Å². The highest BCUT2D eigenvalue weighted by atomic mass is 16.4. The third-order valence-corrected chi connectivity index (χ3v) is 4.93. The number of aliphatic carboxylic acids is 1. The van der Waals surface area contributed by atoms with Crippen LogP contribution >= 0.6 is 0 Å². The Balaban J connectivity index is 2.24. The maximum atomic E-state index is 11.9. The van der Waals surface area contributed by atoms with E-state index >= 15 is 0 Å². The summed E-state index contributed by atoms with van der Waals surface area (Å²) in [7, 11) is 0. The van der Waals surface area contributed by atoms with E-state index in [0.29, 0.717) is 11.1 Å². The number of phenols is 2. The van der Waals surface area contributed by atoms with Gasteiger partial charge in [0.15, 0.2) is 5.78 Å². The number of rotatable bonds is 6. The summed E-state index contributed by atoms with van der Waals surface area (Å²) in [5.41, 5.74) is -0.646. The topological polar surface area (TPSA) is 169 Å². The number of ketones is 1. The lowest BCUT2D eigenvalue weighted by Gasteiger charge is -2.26. The van der Waals surface area contributed by atoms with Crippen LogP contribution in [0.4, 0.5) is 0 Å². The lowest BCUT2D eigenvalue weighted by atomic mass is 9.77. The minimum absolute atomic E-state index is 0.321. The van der Waals surface area contributed by atoms with Gasteiger partial charge in [0, 0.05) is 11.8 Å². The van der Waals surface area contributed by atoms with Gasteiger partial charge in [-0.3, -0.25) is 4.79 Å². The van der Waals surface area contributed by atoms with Crippen LogP contribution in [-0.2, 0) is 9.59 Å². The van der Waals surface area contributed by atoms with Crippen molar-refractivity contribution in [2.45, 2.75) is 5.92 Å². The first-order valence-corrected chi connectivity index (χ1v) is 8.90. The van der Waals surface area contributed by atoms with Crippen LogP contribution in [0.15, 0.2) is 60.2 Å². The number of hydrogen-bond acceptors (Lipinski definition) is 6. The van der Waals surface area contributed by atoms with E-state index in [-0.39, 0.29) is 0 Å². The fourth-order valence-electron chi connectivity index (χ4n) is 3.48. The van der Waals surface area contributed by atoms with Gasteiger partial charge in [-0.25, -0.2) is 14.4 Å². The van der Waals surface area contributed by atoms with Gasteiger partial charge in [0.25, 0.3) is 0 Å². The van der Waals surface area contributed by atoms with Crippen LogP contribution in [0.3, 0.4) is 0 Å². The van der Waals surface area contributed by atoms with Crippen LogP contribution in [0.25, 0.3) is 0 Å². The van der Waals surface area contributed by atoms with Gasteiger partial charge >= 0.3 is 17.9 Å². The van der Waals surface area contributed by atoms with Crippen LogP contribution < -0.4 is 0 Å². The number of hydrogen-bond donors (Lipinski definition) is 5. The molecule has 1 atom stereocenters. The highest BCUT2D eigenvalue weighted by Gasteiger charge is 2.30. The van der Waals surface area contributed by atoms with Crippen molar-refractivity contribution >= 4 is 23.7 Å². The molecule has 9 heteroatoms. The van der Waals surface area contributed by atoms with Gasteiger partial charge in [-0.1, -0.05) is 24.3 Å². The summed E-state index contributed by atoms with van der Waals surface area (Å²) >= 11 is 0. The minimum Gasteiger partial charge on any atom is -0.507 e. The maximum absolute atomic E-state index is 11.9. The Morgan fingerprint density at radius 3 is 1.68 bits per heavy atom. The fourth-order valence-corrected chi connectivity index (χ4v) is 3.48. The van der Waals surface area contributed by atoms with Gasteiger partial charge in [0.2, 0.25) is 0 Å². The standard InChI is InChI=1S/C22H16O9/c23-16-4-1-10(7-13(16)20(26)27)19(11-2-5-17(24)14(8-11)21(28)29)12-3-6-18(25)15(9-12)22(30)31/h1-10,19,24-25H,(H,26,27)(H,28,29)(H,30,31)/t10-/m0/s1. The summed E-state index contributed by atoms with van der Waals surface area (Å²) in [6, 6.07) is 7.52. The minimum atomic E-state index is -1.44. The molecule has 0 radical (unpaired) electrons. The summed E-state index contributed by atoms with van der Waals surface area (Å²) < 4.78 is 0. The zero-order chi connectivity index (χ0) is 22.9. The van der Waals surface area contributed by atoms with Crippen molar-refractivity contribution < 1.29 is 44.7 Å². The molecule has 0 saturated carbocycles. The van der Waals surface area contributed by atoms with E-state index in [0.717, 1.165) is 18.2 Å². The van der Waals surface area contributed by atoms with Crippen molar-refractivity contribution in [3.8, 4) is 11.5 Å². The molecule has 0 heterocycles. The molecule has 31 heavy (non-hydrogen) atoms. The lowest BCUT2D eigenvalue weighted by molar-refractivity contribution is -0.134. The fraction of sp³-hybridized carbons (Fsp3) is 0.0909. The Morgan fingerprint density at radius 1 is 0.774 bits per heavy atom. The SMILES string of the molecule is O=C(O)C1=C[C@@H](C(c2ccc(O)c(C(=O)O)c2)c2ccc(O)c(C(=O)O)c2)C=CC1=O. The molecule has 0 aromatic heterocycles. The van der Waals surface area contributed by atoms with Crippen LogP contribution in [0.1, 0.15) is 37.8 Å². The molecule has 5 N–H and O–H groups in total. The number of carboxylic acid groups (broad SMARTS) is 3. The molecule has 0 unspecified atom stereocenters. The molecule has 0 aliphatic heterocycles. The maximum Gasteiger partial charge on any atom is 0.339 e. The van der Waals surface area contributed by atoms with Gasteiger partial charge < -0.3 is 25.5 Å². The summed E-state index contributed by atoms with van der Waals surface area (Å²) in [4.78, 5) is 46.3. The summed E-state index contributed by atoms with van der Waals surface area (Å²) in [5.74, 6) is -7.50. The highest BCUT2D eigenvalue weighted by Crippen LogP contribution is 2.39. The average molecular weight is 424 g/mol. The lowest BCUT2D eigenvalue weighted by Crippen LogP contribution is -2.20. The number of carbonyl (C=O) groups is 4. The van der Waals surface area contributed by atoms with Gasteiger partial charge in [0.1, 0.15) is 28.2 Å². The monoisotopic (exact) mass is 424 g/mol. The second kappa shape index (κ2) is 8.15. The Labute approximate surface area is 174 Å². The molecule has 9 nitrogen and oxygen atoms in total. The highest BCUT2D eigenvalue weighted by molar-refractivity contribution is 6.21. The third-order valence-electron chi connectivity index (χ3n) is 4.93. The van der Waals surface area contributed by atoms with E-state index in [9.17, 15) is 44.7 Å². The van der Waals surface area contributed by atoms with Crippen LogP contribution in [0.5, 0.6) is 11.5 Å². The molecule has 2 aromatic rings. The zero-order valence-corrected chi connectivity index (χ0v) is 15.7. The Morgan fingerprint density at radius 2 is 1.26 bits per heavy atom. The van der Waals surface area contributed by atoms with E-state index in [1.165, 1.54) is 36.4 Å². The van der Waals surface area contributed by atoms with Crippen molar-refractivity contribution in [2.75, 3.05) is 0 Å². The summed E-state index contributed by atoms with van der Waals surface area (Å²) in [6.45, 7) is 0. The molecular formula is C22H16O9. The first-order chi connectivity index (χ1) is 14.6. The Bertz CT molecular complexity index is 1110. The molecule has 3 rings (SSSR count). The number of aromatic hydroxyl groups is 2. The van der Waals surface area contributed by atoms with E-state index in [2.05, 4.69) is 0 Å². The molecule has 0 amide bonds. The molecule has 2 aromatic carbocycles. The molecule has 0 bridgehead atoms. The molecular weight excluding hydrogens is 408 g/mol. The van der Waals surface area contributed by atoms with Gasteiger partial charge in [0.05, 0.1) is 0 Å². The quantitative estimate of drug-likeness (QED) is 0.437. The normalized spacial score (nSPS) is 15.6. The molecule has 1 aliphatic carbocycles. The molecule has 0 spiro atoms. The predicted octanol–water partition coefficient (Wildman–Crippen LogP) is 2.39. The largest absolute Gasteiger partial charge is 0.507 e. The van der Waals surface area contributed by atoms with Crippen LogP contribution in [-0.4, -0.2) is 49.2 Å². The van der Waals surface area contributed by atoms with Crippen molar-refractivity contribution in [3.63, 3.8) is 0 Å². The predicted molar refractivity (Wildman–Crippen MR) is 105 cm³/mol. The molecule has 158 valence electrons. The van der Waals surface area contributed by atoms with Crippen LogP contribution in [0, 0.1) is 5.92 Å². The number of carboxylic acids is 3. The molecule has 0 fully saturated rings. The van der Waals surface area contributed by atoms with Crippen LogP contribution in [0.2, 0.25) is 0 Å². The van der Waals surface area contributed by atoms with Crippen molar-refractivity contribution in [1.82, 2.24) is 0 Å².